The Kier molecular flexibility index (Phi) is 6.31. The Hall–Kier alpha value is -2.86. The molecule has 7 heteroatoms. The number of benzene rings is 2. The maximum atomic E-state index is 12.3. The highest BCUT2D eigenvalue weighted by Crippen LogP contribution is 2.31. The second kappa shape index (κ2) is 8.89. The Morgan fingerprint density at radius 3 is 2.57 bits per heavy atom. The summed E-state index contributed by atoms with van der Waals surface area (Å²) in [5.74, 6) is -1.78. The molecular formula is C21H21ClN2O4. The molecule has 0 aromatic heterocycles. The molecule has 1 saturated heterocycles. The lowest BCUT2D eigenvalue weighted by Crippen LogP contribution is -2.32. The first-order valence-electron chi connectivity index (χ1n) is 9.01. The number of anilines is 1. The number of para-hydroxylation sites is 1. The standard InChI is InChI=1S/C21H21ClN2O4/c1-14(15-7-3-2-4-8-15)23-19(25)13-28-21(27)16-11-20(26)24(12-16)18-10-6-5-9-17(18)22/h2-10,14,16H,11-13H2,1H3,(H,23,25)/t14-,16-/m0/s1. The molecule has 1 heterocycles. The number of esters is 1. The van der Waals surface area contributed by atoms with E-state index in [9.17, 15) is 14.4 Å². The lowest BCUT2D eigenvalue weighted by Gasteiger charge is -2.18. The average molecular weight is 401 g/mol. The zero-order chi connectivity index (χ0) is 20.1. The van der Waals surface area contributed by atoms with Crippen molar-refractivity contribution in [3.05, 3.63) is 65.2 Å². The minimum atomic E-state index is -0.622. The van der Waals surface area contributed by atoms with Gasteiger partial charge < -0.3 is 15.0 Å². The third-order valence-electron chi connectivity index (χ3n) is 4.62. The highest BCUT2D eigenvalue weighted by molar-refractivity contribution is 6.33. The number of halogens is 1. The SMILES string of the molecule is C[C@H](NC(=O)COC(=O)[C@H]1CC(=O)N(c2ccccc2Cl)C1)c1ccccc1. The maximum absolute atomic E-state index is 12.3. The summed E-state index contributed by atoms with van der Waals surface area (Å²) in [5.41, 5.74) is 1.53. The van der Waals surface area contributed by atoms with Crippen LogP contribution < -0.4 is 10.2 Å². The second-order valence-corrected chi connectivity index (χ2v) is 7.07. The van der Waals surface area contributed by atoms with Gasteiger partial charge in [0.2, 0.25) is 5.91 Å². The van der Waals surface area contributed by atoms with Crippen LogP contribution in [-0.4, -0.2) is 30.9 Å². The van der Waals surface area contributed by atoms with Crippen LogP contribution in [0.3, 0.4) is 0 Å². The van der Waals surface area contributed by atoms with Crippen molar-refractivity contribution in [1.29, 1.82) is 0 Å². The van der Waals surface area contributed by atoms with Crippen molar-refractivity contribution < 1.29 is 19.1 Å². The van der Waals surface area contributed by atoms with Crippen molar-refractivity contribution in [2.24, 2.45) is 5.92 Å². The molecule has 6 nitrogen and oxygen atoms in total. The molecule has 2 amide bonds. The molecule has 2 aromatic rings. The molecule has 0 aliphatic carbocycles. The van der Waals surface area contributed by atoms with Gasteiger partial charge in [0, 0.05) is 13.0 Å². The number of hydrogen-bond donors (Lipinski definition) is 1. The van der Waals surface area contributed by atoms with Gasteiger partial charge in [0.15, 0.2) is 6.61 Å². The summed E-state index contributed by atoms with van der Waals surface area (Å²) >= 11 is 6.14. The maximum Gasteiger partial charge on any atom is 0.311 e. The van der Waals surface area contributed by atoms with E-state index >= 15 is 0 Å². The predicted octanol–water partition coefficient (Wildman–Crippen LogP) is 3.11. The van der Waals surface area contributed by atoms with E-state index in [1.807, 2.05) is 37.3 Å². The van der Waals surface area contributed by atoms with E-state index in [0.717, 1.165) is 5.56 Å². The predicted molar refractivity (Wildman–Crippen MR) is 106 cm³/mol. The third-order valence-corrected chi connectivity index (χ3v) is 4.94. The molecule has 1 aliphatic heterocycles. The van der Waals surface area contributed by atoms with Gasteiger partial charge in [0.25, 0.3) is 5.91 Å². The minimum absolute atomic E-state index is 0.0338. The highest BCUT2D eigenvalue weighted by atomic mass is 35.5. The topological polar surface area (TPSA) is 75.7 Å². The van der Waals surface area contributed by atoms with E-state index in [0.29, 0.717) is 10.7 Å². The van der Waals surface area contributed by atoms with E-state index < -0.39 is 17.8 Å². The first-order chi connectivity index (χ1) is 13.5. The largest absolute Gasteiger partial charge is 0.455 e. The van der Waals surface area contributed by atoms with Crippen LogP contribution in [0, 0.1) is 5.92 Å². The van der Waals surface area contributed by atoms with Crippen molar-refractivity contribution in [2.75, 3.05) is 18.1 Å². The molecule has 28 heavy (non-hydrogen) atoms. The average Bonchev–Trinajstić information content (AvgIpc) is 3.08. The van der Waals surface area contributed by atoms with Crippen LogP contribution in [0.5, 0.6) is 0 Å². The summed E-state index contributed by atoms with van der Waals surface area (Å²) in [6.45, 7) is 1.66. The van der Waals surface area contributed by atoms with Crippen LogP contribution in [-0.2, 0) is 19.1 Å². The van der Waals surface area contributed by atoms with Crippen molar-refractivity contribution in [2.45, 2.75) is 19.4 Å². The summed E-state index contributed by atoms with van der Waals surface area (Å²) < 4.78 is 5.12. The normalized spacial score (nSPS) is 17.3. The number of ether oxygens (including phenoxy) is 1. The van der Waals surface area contributed by atoms with Crippen molar-refractivity contribution in [3.63, 3.8) is 0 Å². The Bertz CT molecular complexity index is 872. The molecule has 1 fully saturated rings. The number of carbonyl (C=O) groups is 3. The van der Waals surface area contributed by atoms with Gasteiger partial charge in [-0.15, -0.1) is 0 Å². The smallest absolute Gasteiger partial charge is 0.311 e. The molecule has 1 N–H and O–H groups in total. The quantitative estimate of drug-likeness (QED) is 0.756. The van der Waals surface area contributed by atoms with E-state index in [1.54, 1.807) is 24.3 Å². The number of rotatable bonds is 6. The van der Waals surface area contributed by atoms with Crippen molar-refractivity contribution in [3.8, 4) is 0 Å². The number of hydrogen-bond acceptors (Lipinski definition) is 4. The number of nitrogens with one attached hydrogen (secondary N) is 1. The lowest BCUT2D eigenvalue weighted by atomic mass is 10.1. The summed E-state index contributed by atoms with van der Waals surface area (Å²) in [5, 5.41) is 3.23. The van der Waals surface area contributed by atoms with E-state index in [-0.39, 0.29) is 31.5 Å². The second-order valence-electron chi connectivity index (χ2n) is 6.66. The first kappa shape index (κ1) is 19.9. The Morgan fingerprint density at radius 1 is 1.18 bits per heavy atom. The Morgan fingerprint density at radius 2 is 1.86 bits per heavy atom. The van der Waals surface area contributed by atoms with Crippen LogP contribution in [0.25, 0.3) is 0 Å². The zero-order valence-corrected chi connectivity index (χ0v) is 16.2. The van der Waals surface area contributed by atoms with E-state index in [2.05, 4.69) is 5.32 Å². The molecule has 3 rings (SSSR count). The number of carbonyl (C=O) groups excluding carboxylic acids is 3. The van der Waals surface area contributed by atoms with Gasteiger partial charge in [-0.1, -0.05) is 54.1 Å². The van der Waals surface area contributed by atoms with Crippen LogP contribution in [0.4, 0.5) is 5.69 Å². The van der Waals surface area contributed by atoms with Crippen LogP contribution in [0.2, 0.25) is 5.02 Å². The molecule has 146 valence electrons. The van der Waals surface area contributed by atoms with Gasteiger partial charge in [-0.2, -0.15) is 0 Å². The van der Waals surface area contributed by atoms with Crippen LogP contribution in [0.15, 0.2) is 54.6 Å². The van der Waals surface area contributed by atoms with Crippen molar-refractivity contribution in [1.82, 2.24) is 5.32 Å². The van der Waals surface area contributed by atoms with Crippen LogP contribution >= 0.6 is 11.6 Å². The van der Waals surface area contributed by atoms with Gasteiger partial charge >= 0.3 is 5.97 Å². The Labute approximate surface area is 168 Å². The summed E-state index contributed by atoms with van der Waals surface area (Å²) in [7, 11) is 0. The van der Waals surface area contributed by atoms with Crippen LogP contribution in [0.1, 0.15) is 24.9 Å². The summed E-state index contributed by atoms with van der Waals surface area (Å²) in [4.78, 5) is 38.1. The molecular weight excluding hydrogens is 380 g/mol. The summed E-state index contributed by atoms with van der Waals surface area (Å²) in [6, 6.07) is 16.3. The van der Waals surface area contributed by atoms with Gasteiger partial charge in [-0.05, 0) is 24.6 Å². The molecule has 0 saturated carbocycles. The molecule has 0 bridgehead atoms. The molecule has 0 radical (unpaired) electrons. The molecule has 2 atom stereocenters. The van der Waals surface area contributed by atoms with Gasteiger partial charge in [0.1, 0.15) is 0 Å². The Balaban J connectivity index is 1.51. The number of nitrogens with zero attached hydrogens (tertiary/aromatic N) is 1. The summed E-state index contributed by atoms with van der Waals surface area (Å²) in [6.07, 6.45) is 0.0338. The highest BCUT2D eigenvalue weighted by Gasteiger charge is 2.37. The molecule has 1 aliphatic rings. The first-order valence-corrected chi connectivity index (χ1v) is 9.39. The molecule has 0 spiro atoms. The fraction of sp³-hybridized carbons (Fsp3) is 0.286. The zero-order valence-electron chi connectivity index (χ0n) is 15.4. The molecule has 2 aromatic carbocycles. The lowest BCUT2D eigenvalue weighted by molar-refractivity contribution is -0.152. The fourth-order valence-electron chi connectivity index (χ4n) is 3.13. The van der Waals surface area contributed by atoms with Crippen molar-refractivity contribution >= 4 is 35.1 Å². The van der Waals surface area contributed by atoms with E-state index in [4.69, 9.17) is 16.3 Å². The van der Waals surface area contributed by atoms with Gasteiger partial charge in [0.05, 0.1) is 22.7 Å². The van der Waals surface area contributed by atoms with Gasteiger partial charge in [-0.3, -0.25) is 14.4 Å². The van der Waals surface area contributed by atoms with E-state index in [1.165, 1.54) is 4.90 Å². The monoisotopic (exact) mass is 400 g/mol. The van der Waals surface area contributed by atoms with Gasteiger partial charge in [-0.25, -0.2) is 0 Å². The minimum Gasteiger partial charge on any atom is -0.455 e. The number of amides is 2. The molecule has 0 unspecified atom stereocenters. The third kappa shape index (κ3) is 4.70. The fourth-order valence-corrected chi connectivity index (χ4v) is 3.37.